The number of guanidine groups is 1. The van der Waals surface area contributed by atoms with Gasteiger partial charge in [0.15, 0.2) is 5.96 Å². The third-order valence-electron chi connectivity index (χ3n) is 15.6. The number of carbonyl (C=O) groups excluding carboxylic acids is 14. The van der Waals surface area contributed by atoms with Crippen molar-refractivity contribution in [1.29, 1.82) is 0 Å². The van der Waals surface area contributed by atoms with E-state index in [9.17, 15) is 77.0 Å². The Morgan fingerprint density at radius 3 is 1.20 bits per heavy atom. The van der Waals surface area contributed by atoms with Gasteiger partial charge in [0, 0.05) is 32.2 Å². The van der Waals surface area contributed by atoms with Gasteiger partial charge in [-0.15, -0.1) is 0 Å². The largest absolute Gasteiger partial charge is 0.480 e. The van der Waals surface area contributed by atoms with Crippen molar-refractivity contribution in [3.8, 4) is 0 Å². The van der Waals surface area contributed by atoms with Crippen molar-refractivity contribution in [3.63, 3.8) is 0 Å². The number of nitrogens with two attached hydrogens (primary N) is 6. The third kappa shape index (κ3) is 31.1. The smallest absolute Gasteiger partial charge is 0.326 e. The number of hydrogen-bond acceptors (Lipinski definition) is 17. The fourth-order valence-corrected chi connectivity index (χ4v) is 10.0. The second-order valence-electron chi connectivity index (χ2n) is 25.2. The molecule has 0 heterocycles. The van der Waals surface area contributed by atoms with Gasteiger partial charge in [0.25, 0.3) is 0 Å². The Morgan fingerprint density at radius 1 is 0.386 bits per heavy atom. The number of rotatable bonds is 44. The van der Waals surface area contributed by atoms with E-state index < -0.39 is 199 Å². The number of aliphatic carboxylic acids is 1. The standard InChI is InChI=1S/C67H98N18O16/c1-35(2)53(83-52(89)34-75-58(92)44(25-27-49(69)86)78-57(91)42(68)30-39-18-11-8-12-19-39)63(97)76-38(7)56(90)77-45(26-28-50(70)87)60(94)81-47(33-51(71)88)62(96)85-54(36(3)4)64(98)79-43(24-17-29-74-67(72)73)59(93)80-46(31-40-20-13-9-14-21-40)61(95)84-55(37(5)6)65(99)82-48(66(100)101)32-41-22-15-10-16-23-41/h8-16,18-23,35-38,42-48,53-55H,17,24-34,68H2,1-7H3,(H2,69,86)(H2,70,87)(H2,71,88)(H,75,92)(H,76,97)(H,77,90)(H,78,91)(H,79,98)(H,80,93)(H,81,94)(H,82,99)(H,83,89)(H,84,95)(H,85,96)(H,100,101)(H4,72,73,74)/t38-,42-,43-,44-,45-,46-,47-,48-,53-,54-,55-/m0/s1. The number of amides is 14. The van der Waals surface area contributed by atoms with Crippen LogP contribution in [0.15, 0.2) is 96.0 Å². The van der Waals surface area contributed by atoms with Crippen LogP contribution in [0.25, 0.3) is 0 Å². The highest BCUT2D eigenvalue weighted by Gasteiger charge is 2.38. The number of hydrogen-bond donors (Lipinski definition) is 18. The molecule has 0 aliphatic heterocycles. The average molecular weight is 1410 g/mol. The van der Waals surface area contributed by atoms with Gasteiger partial charge in [0.2, 0.25) is 82.7 Å². The number of primary amides is 3. The molecule has 34 heteroatoms. The quantitative estimate of drug-likeness (QED) is 0.0144. The Hall–Kier alpha value is -11.1. The van der Waals surface area contributed by atoms with Crippen LogP contribution >= 0.6 is 0 Å². The first-order chi connectivity index (χ1) is 47.6. The summed E-state index contributed by atoms with van der Waals surface area (Å²) >= 11 is 0. The number of benzene rings is 3. The van der Waals surface area contributed by atoms with Crippen molar-refractivity contribution in [3.05, 3.63) is 108 Å². The molecule has 3 aromatic rings. The molecule has 0 aliphatic carbocycles. The minimum atomic E-state index is -1.88. The molecule has 24 N–H and O–H groups in total. The zero-order chi connectivity index (χ0) is 75.6. The molecule has 0 aromatic heterocycles. The lowest BCUT2D eigenvalue weighted by atomic mass is 9.99. The molecule has 14 amide bonds. The van der Waals surface area contributed by atoms with E-state index >= 15 is 0 Å². The zero-order valence-corrected chi connectivity index (χ0v) is 57.7. The molecule has 0 bridgehead atoms. The van der Waals surface area contributed by atoms with E-state index in [2.05, 4.69) is 63.5 Å². The minimum absolute atomic E-state index is 0.0403. The van der Waals surface area contributed by atoms with Gasteiger partial charge in [-0.25, -0.2) is 4.79 Å². The van der Waals surface area contributed by atoms with Crippen molar-refractivity contribution in [2.75, 3.05) is 13.1 Å². The Kier molecular flexibility index (Phi) is 35.6. The summed E-state index contributed by atoms with van der Waals surface area (Å²) in [4.78, 5) is 205. The zero-order valence-electron chi connectivity index (χ0n) is 57.7. The van der Waals surface area contributed by atoms with Gasteiger partial charge in [-0.1, -0.05) is 133 Å². The number of carboxylic acid groups (broad SMARTS) is 1. The maximum atomic E-state index is 14.6. The highest BCUT2D eigenvalue weighted by molar-refractivity contribution is 6.00. The minimum Gasteiger partial charge on any atom is -0.480 e. The summed E-state index contributed by atoms with van der Waals surface area (Å²) in [5.74, 6) is -16.9. The van der Waals surface area contributed by atoms with E-state index in [1.54, 1.807) is 119 Å². The summed E-state index contributed by atoms with van der Waals surface area (Å²) in [6.07, 6.45) is -2.73. The van der Waals surface area contributed by atoms with Crippen LogP contribution in [-0.2, 0) is 91.2 Å². The molecule has 552 valence electrons. The highest BCUT2D eigenvalue weighted by Crippen LogP contribution is 2.14. The summed E-state index contributed by atoms with van der Waals surface area (Å²) in [7, 11) is 0. The van der Waals surface area contributed by atoms with E-state index in [1.807, 2.05) is 0 Å². The molecule has 3 rings (SSSR count). The molecular formula is C67H98N18O16. The van der Waals surface area contributed by atoms with Gasteiger partial charge in [-0.2, -0.15) is 0 Å². The number of nitrogens with zero attached hydrogens (tertiary/aromatic N) is 1. The van der Waals surface area contributed by atoms with E-state index in [1.165, 1.54) is 20.8 Å². The molecule has 101 heavy (non-hydrogen) atoms. The number of carboxylic acids is 1. The molecular weight excluding hydrogens is 1310 g/mol. The van der Waals surface area contributed by atoms with Crippen molar-refractivity contribution < 1.29 is 77.0 Å². The monoisotopic (exact) mass is 1410 g/mol. The first-order valence-corrected chi connectivity index (χ1v) is 32.9. The average Bonchev–Trinajstić information content (AvgIpc) is 0.842. The highest BCUT2D eigenvalue weighted by atomic mass is 16.4. The lowest BCUT2D eigenvalue weighted by Crippen LogP contribution is -2.62. The molecule has 11 atom stereocenters. The number of aliphatic imine (C=N–C) groups is 1. The van der Waals surface area contributed by atoms with Crippen molar-refractivity contribution in [1.82, 2.24) is 58.5 Å². The maximum absolute atomic E-state index is 14.6. The molecule has 0 radical (unpaired) electrons. The molecule has 0 saturated carbocycles. The van der Waals surface area contributed by atoms with E-state index in [-0.39, 0.29) is 57.5 Å². The summed E-state index contributed by atoms with van der Waals surface area (Å²) in [5, 5.41) is 37.4. The number of carbonyl (C=O) groups is 15. The van der Waals surface area contributed by atoms with Crippen LogP contribution in [0.2, 0.25) is 0 Å². The predicted molar refractivity (Wildman–Crippen MR) is 369 cm³/mol. The van der Waals surface area contributed by atoms with Gasteiger partial charge in [-0.3, -0.25) is 72.1 Å². The molecule has 0 saturated heterocycles. The summed E-state index contributed by atoms with van der Waals surface area (Å²) in [6, 6.07) is 9.71. The van der Waals surface area contributed by atoms with E-state index in [0.717, 1.165) is 5.56 Å². The second kappa shape index (κ2) is 42.7. The molecule has 3 aromatic carbocycles. The van der Waals surface area contributed by atoms with Crippen LogP contribution in [0.5, 0.6) is 0 Å². The Morgan fingerprint density at radius 2 is 0.752 bits per heavy atom. The topological polar surface area (TPSA) is 577 Å². The van der Waals surface area contributed by atoms with Gasteiger partial charge in [-0.05, 0) is 73.5 Å². The van der Waals surface area contributed by atoms with E-state index in [4.69, 9.17) is 34.4 Å². The summed E-state index contributed by atoms with van der Waals surface area (Å²) < 4.78 is 0. The van der Waals surface area contributed by atoms with Gasteiger partial charge in [0.05, 0.1) is 19.0 Å². The molecule has 0 aliphatic rings. The van der Waals surface area contributed by atoms with E-state index in [0.29, 0.717) is 11.1 Å². The summed E-state index contributed by atoms with van der Waals surface area (Å²) in [5.41, 5.74) is 35.4. The van der Waals surface area contributed by atoms with Crippen LogP contribution in [0.4, 0.5) is 0 Å². The molecule has 34 nitrogen and oxygen atoms in total. The first kappa shape index (κ1) is 84.2. The van der Waals surface area contributed by atoms with Crippen molar-refractivity contribution in [2.45, 2.75) is 179 Å². The predicted octanol–water partition coefficient (Wildman–Crippen LogP) is -4.46. The Balaban J connectivity index is 1.82. The molecule has 0 fully saturated rings. The summed E-state index contributed by atoms with van der Waals surface area (Å²) in [6.45, 7) is 9.80. The van der Waals surface area contributed by atoms with Gasteiger partial charge in [0.1, 0.15) is 60.4 Å². The van der Waals surface area contributed by atoms with Crippen LogP contribution in [-0.4, -0.2) is 179 Å². The third-order valence-corrected chi connectivity index (χ3v) is 15.6. The Bertz CT molecular complexity index is 3380. The molecule has 0 spiro atoms. The first-order valence-electron chi connectivity index (χ1n) is 32.9. The van der Waals surface area contributed by atoms with Crippen LogP contribution < -0.4 is 92.9 Å². The maximum Gasteiger partial charge on any atom is 0.326 e. The van der Waals surface area contributed by atoms with Crippen molar-refractivity contribution >= 4 is 94.6 Å². The fraction of sp³-hybridized carbons (Fsp3) is 0.493. The fourth-order valence-electron chi connectivity index (χ4n) is 10.0. The van der Waals surface area contributed by atoms with Crippen LogP contribution in [0.3, 0.4) is 0 Å². The second-order valence-corrected chi connectivity index (χ2v) is 25.2. The van der Waals surface area contributed by atoms with Crippen molar-refractivity contribution in [2.24, 2.45) is 57.1 Å². The van der Waals surface area contributed by atoms with Crippen LogP contribution in [0.1, 0.15) is 110 Å². The molecule has 0 unspecified atom stereocenters. The van der Waals surface area contributed by atoms with Gasteiger partial charge >= 0.3 is 5.97 Å². The van der Waals surface area contributed by atoms with Gasteiger partial charge < -0.3 is 98.0 Å². The number of nitrogens with one attached hydrogen (secondary N) is 11. The van der Waals surface area contributed by atoms with Crippen LogP contribution in [0, 0.1) is 17.8 Å². The Labute approximate surface area is 585 Å². The lowest BCUT2D eigenvalue weighted by Gasteiger charge is -2.29. The normalized spacial score (nSPS) is 14.3. The lowest BCUT2D eigenvalue weighted by molar-refractivity contribution is -0.142. The SMILES string of the molecule is CC(C)[C@H](NC(=O)CNC(=O)[C@H](CCC(N)=O)NC(=O)[C@@H](N)Cc1ccccc1)C(=O)N[C@@H](C)C(=O)N[C@@H](CCC(N)=O)C(=O)N[C@@H](CC(N)=O)C(=O)N[C@H](C(=O)N[C@@H](CCCN=C(N)N)C(=O)N[C@@H](Cc1ccccc1)C(=O)N[C@H](C(=O)N[C@@H](Cc1ccccc1)C(=O)O)C(C)C)C(C)C.